The number of ether oxygens (including phenoxy) is 1. The van der Waals surface area contributed by atoms with Crippen molar-refractivity contribution in [1.82, 2.24) is 10.2 Å². The Labute approximate surface area is 145 Å². The lowest BCUT2D eigenvalue weighted by Crippen LogP contribution is -2.39. The van der Waals surface area contributed by atoms with E-state index < -0.39 is 18.5 Å². The molecule has 1 unspecified atom stereocenters. The van der Waals surface area contributed by atoms with Crippen molar-refractivity contribution in [2.75, 3.05) is 13.1 Å². The Balaban J connectivity index is 1.99. The number of carbonyl (C=O) groups excluding carboxylic acids is 2. The normalized spacial score (nSPS) is 17.5. The summed E-state index contributed by atoms with van der Waals surface area (Å²) in [7, 11) is 0. The van der Waals surface area contributed by atoms with E-state index in [0.29, 0.717) is 29.5 Å². The predicted molar refractivity (Wildman–Crippen MR) is 87.5 cm³/mol. The standard InChI is InChI=1S/C15H16BrF2N3O3/c16-10-2-3-12(24-14(17)18)9(7-10)1-4-13(22)20-11-5-6-21(8-11)15(19)23/h1-4,7,11,14H,5-6,8H2,(H2,19,23)(H,20,22)/b4-1+. The number of carbonyl (C=O) groups is 2. The van der Waals surface area contributed by atoms with Gasteiger partial charge in [0.05, 0.1) is 0 Å². The van der Waals surface area contributed by atoms with E-state index in [1.54, 1.807) is 12.1 Å². The summed E-state index contributed by atoms with van der Waals surface area (Å²) >= 11 is 3.23. The van der Waals surface area contributed by atoms with Crippen molar-refractivity contribution in [2.24, 2.45) is 5.73 Å². The topological polar surface area (TPSA) is 84.7 Å². The van der Waals surface area contributed by atoms with Gasteiger partial charge in [-0.15, -0.1) is 0 Å². The molecule has 3 amide bonds. The molecule has 9 heteroatoms. The van der Waals surface area contributed by atoms with Crippen LogP contribution in [0.1, 0.15) is 12.0 Å². The van der Waals surface area contributed by atoms with Crippen LogP contribution in [-0.4, -0.2) is 42.6 Å². The fourth-order valence-corrected chi connectivity index (χ4v) is 2.72. The fraction of sp³-hybridized carbons (Fsp3) is 0.333. The van der Waals surface area contributed by atoms with Crippen LogP contribution in [0.5, 0.6) is 5.75 Å². The average molecular weight is 404 g/mol. The van der Waals surface area contributed by atoms with Gasteiger partial charge in [-0.3, -0.25) is 4.79 Å². The molecule has 0 bridgehead atoms. The van der Waals surface area contributed by atoms with Crippen molar-refractivity contribution in [2.45, 2.75) is 19.1 Å². The zero-order valence-corrected chi connectivity index (χ0v) is 14.1. The lowest BCUT2D eigenvalue weighted by atomic mass is 10.2. The highest BCUT2D eigenvalue weighted by Crippen LogP contribution is 2.26. The lowest BCUT2D eigenvalue weighted by molar-refractivity contribution is -0.117. The molecule has 0 aliphatic carbocycles. The molecule has 1 aliphatic heterocycles. The number of halogens is 3. The van der Waals surface area contributed by atoms with Gasteiger partial charge >= 0.3 is 12.6 Å². The molecule has 1 atom stereocenters. The highest BCUT2D eigenvalue weighted by Gasteiger charge is 2.25. The van der Waals surface area contributed by atoms with Crippen LogP contribution in [0.15, 0.2) is 28.7 Å². The van der Waals surface area contributed by atoms with Gasteiger partial charge in [0.25, 0.3) is 0 Å². The third-order valence-electron chi connectivity index (χ3n) is 3.45. The van der Waals surface area contributed by atoms with Crippen LogP contribution in [0.4, 0.5) is 13.6 Å². The average Bonchev–Trinajstić information content (AvgIpc) is 2.95. The number of hydrogen-bond acceptors (Lipinski definition) is 3. The van der Waals surface area contributed by atoms with Gasteiger partial charge in [-0.05, 0) is 30.7 Å². The Bertz CT molecular complexity index is 655. The first-order chi connectivity index (χ1) is 11.3. The van der Waals surface area contributed by atoms with Crippen molar-refractivity contribution in [3.63, 3.8) is 0 Å². The molecule has 1 saturated heterocycles. The minimum atomic E-state index is -2.95. The largest absolute Gasteiger partial charge is 0.434 e. The number of benzene rings is 1. The van der Waals surface area contributed by atoms with Crippen molar-refractivity contribution < 1.29 is 23.1 Å². The van der Waals surface area contributed by atoms with E-state index in [0.717, 1.165) is 0 Å². The Morgan fingerprint density at radius 2 is 2.21 bits per heavy atom. The number of rotatable bonds is 5. The number of alkyl halides is 2. The van der Waals surface area contributed by atoms with Gasteiger partial charge in [0.2, 0.25) is 5.91 Å². The van der Waals surface area contributed by atoms with Gasteiger partial charge in [0.15, 0.2) is 0 Å². The van der Waals surface area contributed by atoms with Crippen LogP contribution in [0.2, 0.25) is 0 Å². The maximum Gasteiger partial charge on any atom is 0.387 e. The van der Waals surface area contributed by atoms with E-state index in [-0.39, 0.29) is 11.8 Å². The highest BCUT2D eigenvalue weighted by atomic mass is 79.9. The van der Waals surface area contributed by atoms with Gasteiger partial charge < -0.3 is 20.7 Å². The third-order valence-corrected chi connectivity index (χ3v) is 3.94. The molecule has 1 aromatic carbocycles. The summed E-state index contributed by atoms with van der Waals surface area (Å²) in [6.45, 7) is -2.11. The number of urea groups is 1. The number of nitrogens with zero attached hydrogens (tertiary/aromatic N) is 1. The predicted octanol–water partition coefficient (Wildman–Crippen LogP) is 2.33. The number of primary amides is 1. The van der Waals surface area contributed by atoms with E-state index >= 15 is 0 Å². The van der Waals surface area contributed by atoms with Crippen molar-refractivity contribution in [1.29, 1.82) is 0 Å². The zero-order chi connectivity index (χ0) is 17.7. The molecular formula is C15H16BrF2N3O3. The molecule has 130 valence electrons. The number of nitrogens with one attached hydrogen (secondary N) is 1. The molecule has 24 heavy (non-hydrogen) atoms. The van der Waals surface area contributed by atoms with Crippen LogP contribution < -0.4 is 15.8 Å². The zero-order valence-electron chi connectivity index (χ0n) is 12.5. The summed E-state index contributed by atoms with van der Waals surface area (Å²) < 4.78 is 29.9. The first-order valence-corrected chi connectivity index (χ1v) is 7.92. The molecule has 1 heterocycles. The first kappa shape index (κ1) is 18.2. The van der Waals surface area contributed by atoms with E-state index in [2.05, 4.69) is 26.0 Å². The summed E-state index contributed by atoms with van der Waals surface area (Å²) in [4.78, 5) is 24.4. The summed E-state index contributed by atoms with van der Waals surface area (Å²) in [5, 5.41) is 2.73. The Hall–Kier alpha value is -2.16. The molecular weight excluding hydrogens is 388 g/mol. The van der Waals surface area contributed by atoms with Crippen LogP contribution in [0.3, 0.4) is 0 Å². The second-order valence-corrected chi connectivity index (χ2v) is 6.09. The summed E-state index contributed by atoms with van der Waals surface area (Å²) in [6, 6.07) is 3.80. The fourth-order valence-electron chi connectivity index (χ4n) is 2.35. The lowest BCUT2D eigenvalue weighted by Gasteiger charge is -2.13. The number of nitrogens with two attached hydrogens (primary N) is 1. The van der Waals surface area contributed by atoms with Gasteiger partial charge in [-0.2, -0.15) is 8.78 Å². The molecule has 2 rings (SSSR count). The van der Waals surface area contributed by atoms with Crippen molar-refractivity contribution in [3.8, 4) is 5.75 Å². The first-order valence-electron chi connectivity index (χ1n) is 7.12. The van der Waals surface area contributed by atoms with Gasteiger partial charge in [0.1, 0.15) is 5.75 Å². The molecule has 0 spiro atoms. The second kappa shape index (κ2) is 8.09. The van der Waals surface area contributed by atoms with Crippen LogP contribution in [0, 0.1) is 0 Å². The van der Waals surface area contributed by atoms with Gasteiger partial charge in [0, 0.05) is 35.2 Å². The highest BCUT2D eigenvalue weighted by molar-refractivity contribution is 9.10. The maximum absolute atomic E-state index is 12.4. The summed E-state index contributed by atoms with van der Waals surface area (Å²) in [5.74, 6) is -0.424. The molecule has 1 fully saturated rings. The Morgan fingerprint density at radius 1 is 1.46 bits per heavy atom. The molecule has 1 aromatic rings. The van der Waals surface area contributed by atoms with Crippen LogP contribution in [0.25, 0.3) is 6.08 Å². The minimum Gasteiger partial charge on any atom is -0.434 e. The van der Waals surface area contributed by atoms with Gasteiger partial charge in [-0.1, -0.05) is 15.9 Å². The molecule has 1 aliphatic rings. The van der Waals surface area contributed by atoms with Crippen molar-refractivity contribution in [3.05, 3.63) is 34.3 Å². The Morgan fingerprint density at radius 3 is 2.83 bits per heavy atom. The van der Waals surface area contributed by atoms with E-state index in [9.17, 15) is 18.4 Å². The maximum atomic E-state index is 12.4. The monoisotopic (exact) mass is 403 g/mol. The van der Waals surface area contributed by atoms with E-state index in [4.69, 9.17) is 5.73 Å². The van der Waals surface area contributed by atoms with Crippen LogP contribution >= 0.6 is 15.9 Å². The summed E-state index contributed by atoms with van der Waals surface area (Å²) in [5.41, 5.74) is 5.51. The smallest absolute Gasteiger partial charge is 0.387 e. The van der Waals surface area contributed by atoms with E-state index in [1.165, 1.54) is 23.1 Å². The number of hydrogen-bond donors (Lipinski definition) is 2. The molecule has 6 nitrogen and oxygen atoms in total. The van der Waals surface area contributed by atoms with Crippen LogP contribution in [-0.2, 0) is 4.79 Å². The molecule has 0 saturated carbocycles. The summed E-state index contributed by atoms with van der Waals surface area (Å²) in [6.07, 6.45) is 3.23. The third kappa shape index (κ3) is 5.19. The molecule has 3 N–H and O–H groups in total. The van der Waals surface area contributed by atoms with E-state index in [1.807, 2.05) is 0 Å². The second-order valence-electron chi connectivity index (χ2n) is 5.17. The number of likely N-dealkylation sites (tertiary alicyclic amines) is 1. The minimum absolute atomic E-state index is 0.0296. The Kier molecular flexibility index (Phi) is 6.13. The SMILES string of the molecule is NC(=O)N1CCC(NC(=O)/C=C/c2cc(Br)ccc2OC(F)F)C1. The van der Waals surface area contributed by atoms with Gasteiger partial charge in [-0.25, -0.2) is 4.79 Å². The number of amides is 3. The van der Waals surface area contributed by atoms with Crippen molar-refractivity contribution >= 4 is 33.9 Å². The molecule has 0 aromatic heterocycles. The quantitative estimate of drug-likeness (QED) is 0.739. The molecule has 0 radical (unpaired) electrons.